The minimum atomic E-state index is 0. The zero-order chi connectivity index (χ0) is 16.5. The van der Waals surface area contributed by atoms with Crippen molar-refractivity contribution in [2.24, 2.45) is 4.99 Å². The Kier molecular flexibility index (Phi) is 11.1. The third-order valence-electron chi connectivity index (χ3n) is 4.51. The fourth-order valence-corrected chi connectivity index (χ4v) is 3.56. The Morgan fingerprint density at radius 1 is 1.08 bits per heavy atom. The summed E-state index contributed by atoms with van der Waals surface area (Å²) in [6.07, 6.45) is 5.62. The number of aliphatic imine (C=N–C) groups is 1. The van der Waals surface area contributed by atoms with Crippen molar-refractivity contribution < 1.29 is 4.79 Å². The molecule has 0 aromatic carbocycles. The van der Waals surface area contributed by atoms with E-state index < -0.39 is 0 Å². The fraction of sp³-hybridized carbons (Fsp3) is 0.875. The SMILES string of the molecule is CN=C(NCCCSC)N1CCN(CC(=O)N2CCCC2)CC1.I. The smallest absolute Gasteiger partial charge is 0.236 e. The van der Waals surface area contributed by atoms with Gasteiger partial charge in [0.15, 0.2) is 5.96 Å². The summed E-state index contributed by atoms with van der Waals surface area (Å²) in [6, 6.07) is 0. The van der Waals surface area contributed by atoms with Gasteiger partial charge in [0.1, 0.15) is 0 Å². The van der Waals surface area contributed by atoms with Crippen LogP contribution in [0.25, 0.3) is 0 Å². The number of halogens is 1. The monoisotopic (exact) mass is 469 g/mol. The number of thioether (sulfide) groups is 1. The van der Waals surface area contributed by atoms with Gasteiger partial charge < -0.3 is 15.1 Å². The highest BCUT2D eigenvalue weighted by Crippen LogP contribution is 2.09. The maximum absolute atomic E-state index is 12.2. The molecule has 0 saturated carbocycles. The molecule has 2 heterocycles. The molecule has 0 bridgehead atoms. The van der Waals surface area contributed by atoms with Crippen LogP contribution in [0.3, 0.4) is 0 Å². The van der Waals surface area contributed by atoms with E-state index in [9.17, 15) is 4.79 Å². The second-order valence-corrected chi connectivity index (χ2v) is 7.16. The number of likely N-dealkylation sites (tertiary alicyclic amines) is 1. The van der Waals surface area contributed by atoms with Crippen LogP contribution in [0.5, 0.6) is 0 Å². The summed E-state index contributed by atoms with van der Waals surface area (Å²) < 4.78 is 0. The molecule has 6 nitrogen and oxygen atoms in total. The average Bonchev–Trinajstić information content (AvgIpc) is 3.11. The first-order valence-electron chi connectivity index (χ1n) is 8.69. The van der Waals surface area contributed by atoms with E-state index >= 15 is 0 Å². The van der Waals surface area contributed by atoms with Crippen LogP contribution in [-0.4, -0.2) is 98.0 Å². The molecule has 0 aliphatic carbocycles. The zero-order valence-electron chi connectivity index (χ0n) is 15.0. The summed E-state index contributed by atoms with van der Waals surface area (Å²) in [4.78, 5) is 23.2. The van der Waals surface area contributed by atoms with Gasteiger partial charge >= 0.3 is 0 Å². The minimum absolute atomic E-state index is 0. The van der Waals surface area contributed by atoms with Crippen molar-refractivity contribution in [2.45, 2.75) is 19.3 Å². The van der Waals surface area contributed by atoms with Crippen LogP contribution >= 0.6 is 35.7 Å². The molecule has 0 atom stereocenters. The van der Waals surface area contributed by atoms with Gasteiger partial charge in [0, 0.05) is 52.9 Å². The van der Waals surface area contributed by atoms with Crippen LogP contribution < -0.4 is 5.32 Å². The van der Waals surface area contributed by atoms with E-state index in [1.807, 2.05) is 23.7 Å². The number of amides is 1. The second kappa shape index (κ2) is 12.2. The zero-order valence-corrected chi connectivity index (χ0v) is 18.1. The Hall–Kier alpha value is -0.220. The van der Waals surface area contributed by atoms with Crippen molar-refractivity contribution in [1.29, 1.82) is 0 Å². The lowest BCUT2D eigenvalue weighted by molar-refractivity contribution is -0.131. The maximum Gasteiger partial charge on any atom is 0.236 e. The minimum Gasteiger partial charge on any atom is -0.356 e. The van der Waals surface area contributed by atoms with Crippen LogP contribution in [0.1, 0.15) is 19.3 Å². The summed E-state index contributed by atoms with van der Waals surface area (Å²) in [5, 5.41) is 3.44. The summed E-state index contributed by atoms with van der Waals surface area (Å²) in [7, 11) is 1.85. The average molecular weight is 469 g/mol. The molecule has 0 radical (unpaired) electrons. The van der Waals surface area contributed by atoms with Gasteiger partial charge in [0.2, 0.25) is 5.91 Å². The van der Waals surface area contributed by atoms with Crippen molar-refractivity contribution in [1.82, 2.24) is 20.0 Å². The molecule has 1 N–H and O–H groups in total. The van der Waals surface area contributed by atoms with Crippen LogP contribution in [0.2, 0.25) is 0 Å². The van der Waals surface area contributed by atoms with Crippen molar-refractivity contribution in [3.63, 3.8) is 0 Å². The molecular formula is C16H32IN5OS. The molecule has 2 fully saturated rings. The third-order valence-corrected chi connectivity index (χ3v) is 5.21. The quantitative estimate of drug-likeness (QED) is 0.274. The lowest BCUT2D eigenvalue weighted by Crippen LogP contribution is -2.54. The van der Waals surface area contributed by atoms with E-state index in [4.69, 9.17) is 0 Å². The number of nitrogens with one attached hydrogen (secondary N) is 1. The van der Waals surface area contributed by atoms with Gasteiger partial charge in [-0.1, -0.05) is 0 Å². The molecule has 2 aliphatic heterocycles. The Morgan fingerprint density at radius 2 is 1.75 bits per heavy atom. The van der Waals surface area contributed by atoms with Crippen LogP contribution in [0.15, 0.2) is 4.99 Å². The Morgan fingerprint density at radius 3 is 2.33 bits per heavy atom. The van der Waals surface area contributed by atoms with E-state index in [1.54, 1.807) is 0 Å². The number of hydrogen-bond donors (Lipinski definition) is 1. The van der Waals surface area contributed by atoms with Gasteiger partial charge in [0.25, 0.3) is 0 Å². The van der Waals surface area contributed by atoms with Crippen LogP contribution in [-0.2, 0) is 4.79 Å². The summed E-state index contributed by atoms with van der Waals surface area (Å²) in [5.41, 5.74) is 0. The normalized spacial score (nSPS) is 19.3. The van der Waals surface area contributed by atoms with Gasteiger partial charge in [-0.2, -0.15) is 11.8 Å². The van der Waals surface area contributed by atoms with Crippen molar-refractivity contribution in [2.75, 3.05) is 71.4 Å². The number of carbonyl (C=O) groups excluding carboxylic acids is 1. The Bertz CT molecular complexity index is 396. The Balaban J connectivity index is 0.00000288. The van der Waals surface area contributed by atoms with Crippen molar-refractivity contribution >= 4 is 47.6 Å². The van der Waals surface area contributed by atoms with E-state index in [-0.39, 0.29) is 24.0 Å². The standard InChI is InChI=1S/C16H31N5OS.HI/c1-17-16(18-6-5-13-23-2)21-11-9-19(10-12-21)14-15(22)20-7-3-4-8-20;/h3-14H2,1-2H3,(H,17,18);1H. The first-order chi connectivity index (χ1) is 11.2. The lowest BCUT2D eigenvalue weighted by Gasteiger charge is -2.36. The first-order valence-corrected chi connectivity index (χ1v) is 10.1. The molecule has 0 aromatic rings. The molecule has 2 rings (SSSR count). The number of carbonyl (C=O) groups is 1. The highest BCUT2D eigenvalue weighted by Gasteiger charge is 2.24. The third kappa shape index (κ3) is 6.95. The number of rotatable bonds is 6. The molecule has 0 spiro atoms. The number of nitrogens with zero attached hydrogens (tertiary/aromatic N) is 4. The highest BCUT2D eigenvalue weighted by atomic mass is 127. The molecule has 0 unspecified atom stereocenters. The summed E-state index contributed by atoms with van der Waals surface area (Å²) in [5.74, 6) is 2.48. The van der Waals surface area contributed by atoms with E-state index in [1.165, 1.54) is 5.75 Å². The Labute approximate surface area is 167 Å². The predicted molar refractivity (Wildman–Crippen MR) is 114 cm³/mol. The molecule has 2 aliphatic rings. The lowest BCUT2D eigenvalue weighted by atomic mass is 10.3. The second-order valence-electron chi connectivity index (χ2n) is 6.17. The van der Waals surface area contributed by atoms with Gasteiger partial charge in [-0.25, -0.2) is 0 Å². The van der Waals surface area contributed by atoms with Gasteiger partial charge in [0.05, 0.1) is 6.54 Å². The van der Waals surface area contributed by atoms with E-state index in [0.29, 0.717) is 12.5 Å². The maximum atomic E-state index is 12.2. The first kappa shape index (κ1) is 21.8. The molecule has 2 saturated heterocycles. The van der Waals surface area contributed by atoms with E-state index in [2.05, 4.69) is 26.4 Å². The van der Waals surface area contributed by atoms with Crippen LogP contribution in [0, 0.1) is 0 Å². The van der Waals surface area contributed by atoms with Gasteiger partial charge in [-0.05, 0) is 31.3 Å². The molecular weight excluding hydrogens is 437 g/mol. The molecule has 0 aromatic heterocycles. The van der Waals surface area contributed by atoms with Crippen LogP contribution in [0.4, 0.5) is 0 Å². The van der Waals surface area contributed by atoms with Crippen molar-refractivity contribution in [3.05, 3.63) is 0 Å². The molecule has 140 valence electrons. The van der Waals surface area contributed by atoms with Gasteiger partial charge in [-0.3, -0.25) is 14.7 Å². The molecule has 1 amide bonds. The molecule has 8 heteroatoms. The number of piperazine rings is 1. The highest BCUT2D eigenvalue weighted by molar-refractivity contribution is 14.0. The largest absolute Gasteiger partial charge is 0.356 e. The van der Waals surface area contributed by atoms with Gasteiger partial charge in [-0.15, -0.1) is 24.0 Å². The fourth-order valence-electron chi connectivity index (χ4n) is 3.12. The van der Waals surface area contributed by atoms with E-state index in [0.717, 1.165) is 71.0 Å². The summed E-state index contributed by atoms with van der Waals surface area (Å²) in [6.45, 7) is 7.20. The predicted octanol–water partition coefficient (Wildman–Crippen LogP) is 1.17. The number of hydrogen-bond acceptors (Lipinski definition) is 4. The topological polar surface area (TPSA) is 51.2 Å². The number of guanidine groups is 1. The molecule has 24 heavy (non-hydrogen) atoms. The summed E-state index contributed by atoms with van der Waals surface area (Å²) >= 11 is 1.88. The van der Waals surface area contributed by atoms with Crippen molar-refractivity contribution in [3.8, 4) is 0 Å².